The summed E-state index contributed by atoms with van der Waals surface area (Å²) in [7, 11) is 0. The Kier molecular flexibility index (Phi) is 2.80. The highest BCUT2D eigenvalue weighted by molar-refractivity contribution is 6.54. The Morgan fingerprint density at radius 1 is 1.05 bits per heavy atom. The summed E-state index contributed by atoms with van der Waals surface area (Å²) < 4.78 is 0. The van der Waals surface area contributed by atoms with Crippen molar-refractivity contribution in [2.45, 2.75) is 0 Å². The molecular formula is C15H10N2O3. The lowest BCUT2D eigenvalue weighted by molar-refractivity contribution is -0.110. The summed E-state index contributed by atoms with van der Waals surface area (Å²) in [4.78, 5) is 26.9. The van der Waals surface area contributed by atoms with Gasteiger partial charge in [-0.1, -0.05) is 18.2 Å². The highest BCUT2D eigenvalue weighted by Gasteiger charge is 2.25. The maximum absolute atomic E-state index is 11.9. The van der Waals surface area contributed by atoms with E-state index >= 15 is 0 Å². The van der Waals surface area contributed by atoms with Crippen LogP contribution >= 0.6 is 0 Å². The summed E-state index contributed by atoms with van der Waals surface area (Å²) in [5, 5.41) is 11.6. The molecule has 1 amide bonds. The molecule has 0 saturated heterocycles. The predicted octanol–water partition coefficient (Wildman–Crippen LogP) is 2.46. The number of rotatable bonds is 2. The van der Waals surface area contributed by atoms with Gasteiger partial charge in [0.2, 0.25) is 0 Å². The van der Waals surface area contributed by atoms with E-state index in [1.54, 1.807) is 12.1 Å². The van der Waals surface area contributed by atoms with Crippen LogP contribution in [0.2, 0.25) is 0 Å². The topological polar surface area (TPSA) is 78.8 Å². The normalized spacial score (nSPS) is 15.0. The molecule has 1 aliphatic rings. The molecule has 0 radical (unpaired) electrons. The van der Waals surface area contributed by atoms with Gasteiger partial charge in [0, 0.05) is 5.56 Å². The van der Waals surface area contributed by atoms with E-state index in [2.05, 4.69) is 10.3 Å². The molecule has 5 heteroatoms. The lowest BCUT2D eigenvalue weighted by Gasteiger charge is -1.98. The SMILES string of the molecule is O=C1Nc2ccccc2C1=Nc1ccc(C(=O)O)cc1. The van der Waals surface area contributed by atoms with Gasteiger partial charge in [-0.05, 0) is 30.3 Å². The summed E-state index contributed by atoms with van der Waals surface area (Å²) >= 11 is 0. The van der Waals surface area contributed by atoms with E-state index in [0.717, 1.165) is 11.3 Å². The van der Waals surface area contributed by atoms with E-state index in [9.17, 15) is 9.59 Å². The van der Waals surface area contributed by atoms with Crippen LogP contribution in [-0.4, -0.2) is 22.7 Å². The summed E-state index contributed by atoms with van der Waals surface area (Å²) in [6, 6.07) is 13.4. The molecule has 3 rings (SSSR count). The van der Waals surface area contributed by atoms with Crippen LogP contribution in [0.5, 0.6) is 0 Å². The molecule has 20 heavy (non-hydrogen) atoms. The van der Waals surface area contributed by atoms with Gasteiger partial charge in [-0.3, -0.25) is 4.79 Å². The van der Waals surface area contributed by atoms with Crippen LogP contribution in [-0.2, 0) is 4.79 Å². The van der Waals surface area contributed by atoms with Crippen LogP contribution in [0, 0.1) is 0 Å². The first-order chi connectivity index (χ1) is 9.65. The number of carbonyl (C=O) groups excluding carboxylic acids is 1. The largest absolute Gasteiger partial charge is 0.478 e. The second kappa shape index (κ2) is 4.62. The van der Waals surface area contributed by atoms with E-state index in [-0.39, 0.29) is 11.5 Å². The molecule has 0 atom stereocenters. The van der Waals surface area contributed by atoms with Crippen molar-refractivity contribution in [3.63, 3.8) is 0 Å². The Bertz CT molecular complexity index is 733. The van der Waals surface area contributed by atoms with Crippen molar-refractivity contribution in [1.29, 1.82) is 0 Å². The smallest absolute Gasteiger partial charge is 0.335 e. The maximum atomic E-state index is 11.9. The number of fused-ring (bicyclic) bond motifs is 1. The first-order valence-electron chi connectivity index (χ1n) is 5.98. The molecule has 98 valence electrons. The summed E-state index contributed by atoms with van der Waals surface area (Å²) in [5.41, 5.74) is 2.55. The number of nitrogens with one attached hydrogen (secondary N) is 1. The number of hydrogen-bond donors (Lipinski definition) is 2. The molecule has 0 aromatic heterocycles. The Morgan fingerprint density at radius 2 is 1.75 bits per heavy atom. The summed E-state index contributed by atoms with van der Waals surface area (Å²) in [6.45, 7) is 0. The van der Waals surface area contributed by atoms with Crippen molar-refractivity contribution in [1.82, 2.24) is 0 Å². The molecule has 2 aromatic carbocycles. The number of carboxylic acid groups (broad SMARTS) is 1. The van der Waals surface area contributed by atoms with Crippen LogP contribution in [0.15, 0.2) is 53.5 Å². The first kappa shape index (κ1) is 12.1. The Hall–Kier alpha value is -2.95. The molecule has 0 spiro atoms. The molecule has 5 nitrogen and oxygen atoms in total. The predicted molar refractivity (Wildman–Crippen MR) is 74.7 cm³/mol. The minimum absolute atomic E-state index is 0.185. The molecule has 1 heterocycles. The van der Waals surface area contributed by atoms with Gasteiger partial charge in [0.05, 0.1) is 16.9 Å². The molecule has 2 aromatic rings. The fraction of sp³-hybridized carbons (Fsp3) is 0. The van der Waals surface area contributed by atoms with E-state index in [1.807, 2.05) is 24.3 Å². The second-order valence-corrected chi connectivity index (χ2v) is 4.31. The van der Waals surface area contributed by atoms with Crippen LogP contribution < -0.4 is 5.32 Å². The van der Waals surface area contributed by atoms with Crippen molar-refractivity contribution in [2.75, 3.05) is 5.32 Å². The van der Waals surface area contributed by atoms with Crippen LogP contribution in [0.4, 0.5) is 11.4 Å². The van der Waals surface area contributed by atoms with Crippen LogP contribution in [0.3, 0.4) is 0 Å². The monoisotopic (exact) mass is 266 g/mol. The first-order valence-corrected chi connectivity index (χ1v) is 5.98. The lowest BCUT2D eigenvalue weighted by atomic mass is 10.1. The van der Waals surface area contributed by atoms with Crippen molar-refractivity contribution < 1.29 is 14.7 Å². The quantitative estimate of drug-likeness (QED) is 0.876. The molecule has 2 N–H and O–H groups in total. The van der Waals surface area contributed by atoms with Gasteiger partial charge < -0.3 is 10.4 Å². The average molecular weight is 266 g/mol. The zero-order chi connectivity index (χ0) is 14.1. The molecule has 0 bridgehead atoms. The Morgan fingerprint density at radius 3 is 2.45 bits per heavy atom. The van der Waals surface area contributed by atoms with Crippen molar-refractivity contribution in [3.05, 3.63) is 59.7 Å². The fourth-order valence-corrected chi connectivity index (χ4v) is 2.02. The number of aliphatic imine (C=N–C) groups is 1. The van der Waals surface area contributed by atoms with Crippen LogP contribution in [0.1, 0.15) is 15.9 Å². The maximum Gasteiger partial charge on any atom is 0.335 e. The second-order valence-electron chi connectivity index (χ2n) is 4.31. The summed E-state index contributed by atoms with van der Waals surface area (Å²) in [5.74, 6) is -1.25. The van der Waals surface area contributed by atoms with Gasteiger partial charge >= 0.3 is 5.97 Å². The zero-order valence-electron chi connectivity index (χ0n) is 10.3. The number of nitrogens with zero attached hydrogens (tertiary/aromatic N) is 1. The Balaban J connectivity index is 2.00. The lowest BCUT2D eigenvalue weighted by Crippen LogP contribution is -2.13. The van der Waals surface area contributed by atoms with Crippen LogP contribution in [0.25, 0.3) is 0 Å². The number of carboxylic acids is 1. The van der Waals surface area contributed by atoms with Gasteiger partial charge in [-0.15, -0.1) is 0 Å². The van der Waals surface area contributed by atoms with Gasteiger partial charge in [0.1, 0.15) is 5.71 Å². The molecule has 0 aliphatic carbocycles. The number of hydrogen-bond acceptors (Lipinski definition) is 3. The third kappa shape index (κ3) is 2.05. The van der Waals surface area contributed by atoms with Crippen molar-refractivity contribution >= 4 is 29.0 Å². The van der Waals surface area contributed by atoms with Gasteiger partial charge in [0.15, 0.2) is 0 Å². The van der Waals surface area contributed by atoms with Crippen molar-refractivity contribution in [2.24, 2.45) is 4.99 Å². The number of anilines is 1. The number of amides is 1. The van der Waals surface area contributed by atoms with Crippen molar-refractivity contribution in [3.8, 4) is 0 Å². The highest BCUT2D eigenvalue weighted by atomic mass is 16.4. The third-order valence-corrected chi connectivity index (χ3v) is 3.00. The number of benzene rings is 2. The standard InChI is InChI=1S/C15H10N2O3/c18-14-13(11-3-1-2-4-12(11)17-14)16-10-7-5-9(6-8-10)15(19)20/h1-8H,(H,19,20)(H,16,17,18). The minimum Gasteiger partial charge on any atom is -0.478 e. The van der Waals surface area contributed by atoms with Gasteiger partial charge in [0.25, 0.3) is 5.91 Å². The number of para-hydroxylation sites is 1. The molecule has 0 fully saturated rings. The minimum atomic E-state index is -0.992. The molecule has 1 aliphatic heterocycles. The molecular weight excluding hydrogens is 256 g/mol. The van der Waals surface area contributed by atoms with E-state index in [1.165, 1.54) is 12.1 Å². The fourth-order valence-electron chi connectivity index (χ4n) is 2.02. The van der Waals surface area contributed by atoms with Gasteiger partial charge in [-0.2, -0.15) is 0 Å². The molecule has 0 saturated carbocycles. The zero-order valence-corrected chi connectivity index (χ0v) is 10.3. The van der Waals surface area contributed by atoms with E-state index in [4.69, 9.17) is 5.11 Å². The van der Waals surface area contributed by atoms with Gasteiger partial charge in [-0.25, -0.2) is 9.79 Å². The average Bonchev–Trinajstić information content (AvgIpc) is 2.76. The highest BCUT2D eigenvalue weighted by Crippen LogP contribution is 2.25. The van der Waals surface area contributed by atoms with E-state index in [0.29, 0.717) is 11.4 Å². The number of aromatic carboxylic acids is 1. The van der Waals surface area contributed by atoms with E-state index < -0.39 is 5.97 Å². The number of carbonyl (C=O) groups is 2. The Labute approximate surface area is 114 Å². The summed E-state index contributed by atoms with van der Waals surface area (Å²) in [6.07, 6.45) is 0. The third-order valence-electron chi connectivity index (χ3n) is 3.00. The molecule has 0 unspecified atom stereocenters.